The molecule has 0 unspecified atom stereocenters. The fourth-order valence-electron chi connectivity index (χ4n) is 1.30. The average Bonchev–Trinajstić information content (AvgIpc) is 2.40. The highest BCUT2D eigenvalue weighted by atomic mass is 35.5. The van der Waals surface area contributed by atoms with Gasteiger partial charge < -0.3 is 10.5 Å². The van der Waals surface area contributed by atoms with E-state index >= 15 is 0 Å². The van der Waals surface area contributed by atoms with Gasteiger partial charge in [-0.25, -0.2) is 17.5 Å². The molecule has 3 N–H and O–H groups in total. The topological polar surface area (TPSA) is 81.4 Å². The molecule has 0 spiro atoms. The molecule has 0 atom stereocenters. The Balaban J connectivity index is 0.00000361. The second kappa shape index (κ2) is 8.91. The molecule has 0 aliphatic carbocycles. The van der Waals surface area contributed by atoms with Crippen LogP contribution >= 0.6 is 12.4 Å². The molecule has 5 nitrogen and oxygen atoms in total. The van der Waals surface area contributed by atoms with E-state index in [1.54, 1.807) is 6.92 Å². The molecule has 1 rings (SSSR count). The number of halogens is 2. The van der Waals surface area contributed by atoms with Crippen molar-refractivity contribution < 1.29 is 17.5 Å². The van der Waals surface area contributed by atoms with Crippen molar-refractivity contribution in [2.45, 2.75) is 11.8 Å². The summed E-state index contributed by atoms with van der Waals surface area (Å²) in [6, 6.07) is 5.87. The van der Waals surface area contributed by atoms with Gasteiger partial charge in [0.25, 0.3) is 0 Å². The number of ether oxygens (including phenoxy) is 1. The lowest BCUT2D eigenvalue weighted by molar-refractivity contribution is 0.347. The monoisotopic (exact) mass is 324 g/mol. The summed E-state index contributed by atoms with van der Waals surface area (Å²) in [4.78, 5) is 0.154. The first kappa shape index (κ1) is 18.9. The van der Waals surface area contributed by atoms with E-state index in [1.807, 2.05) is 0 Å². The SMILES string of the molecule is CCNS(=O)(=O)c1ccc(OC/C(=C/F)CN)cc1.Cl. The summed E-state index contributed by atoms with van der Waals surface area (Å²) >= 11 is 0. The van der Waals surface area contributed by atoms with Crippen LogP contribution in [-0.2, 0) is 10.0 Å². The molecule has 0 heterocycles. The summed E-state index contributed by atoms with van der Waals surface area (Å²) in [5, 5.41) is 0. The second-order valence-corrected chi connectivity index (χ2v) is 5.50. The number of nitrogens with two attached hydrogens (primary N) is 1. The molecule has 0 saturated carbocycles. The van der Waals surface area contributed by atoms with Crippen LogP contribution in [0, 0.1) is 0 Å². The standard InChI is InChI=1S/C12H17FN2O3S.ClH/c1-2-15-19(16,17)12-5-3-11(4-6-12)18-9-10(7-13)8-14;/h3-7,15H,2,8-9,14H2,1H3;1H/b10-7+;. The van der Waals surface area contributed by atoms with Crippen LogP contribution in [0.2, 0.25) is 0 Å². The van der Waals surface area contributed by atoms with Crippen LogP contribution in [0.3, 0.4) is 0 Å². The van der Waals surface area contributed by atoms with Crippen molar-refractivity contribution in [1.29, 1.82) is 0 Å². The maximum Gasteiger partial charge on any atom is 0.240 e. The van der Waals surface area contributed by atoms with Gasteiger partial charge in [0.05, 0.1) is 11.2 Å². The lowest BCUT2D eigenvalue weighted by atomic mass is 10.3. The first-order valence-corrected chi connectivity index (χ1v) is 7.22. The molecule has 0 aliphatic heterocycles. The first-order valence-electron chi connectivity index (χ1n) is 5.74. The molecule has 114 valence electrons. The van der Waals surface area contributed by atoms with Gasteiger partial charge >= 0.3 is 0 Å². The number of nitrogens with one attached hydrogen (secondary N) is 1. The van der Waals surface area contributed by atoms with Gasteiger partial charge in [0, 0.05) is 18.7 Å². The van der Waals surface area contributed by atoms with Crippen LogP contribution < -0.4 is 15.2 Å². The van der Waals surface area contributed by atoms with Crippen molar-refractivity contribution in [3.63, 3.8) is 0 Å². The predicted octanol–water partition coefficient (Wildman–Crippen LogP) is 1.60. The molecule has 1 aromatic rings. The highest BCUT2D eigenvalue weighted by Gasteiger charge is 2.12. The van der Waals surface area contributed by atoms with E-state index in [2.05, 4.69) is 4.72 Å². The molecule has 20 heavy (non-hydrogen) atoms. The van der Waals surface area contributed by atoms with Gasteiger partial charge in [-0.15, -0.1) is 12.4 Å². The number of hydrogen-bond acceptors (Lipinski definition) is 4. The van der Waals surface area contributed by atoms with Crippen LogP contribution in [-0.4, -0.2) is 28.1 Å². The van der Waals surface area contributed by atoms with Crippen LogP contribution in [0.1, 0.15) is 6.92 Å². The Kier molecular flexibility index (Phi) is 8.40. The van der Waals surface area contributed by atoms with Crippen molar-refractivity contribution in [2.24, 2.45) is 5.73 Å². The summed E-state index contributed by atoms with van der Waals surface area (Å²) in [5.74, 6) is 0.447. The Morgan fingerprint density at radius 2 is 2.00 bits per heavy atom. The Labute approximate surface area is 124 Å². The summed E-state index contributed by atoms with van der Waals surface area (Å²) < 4.78 is 43.3. The molecular weight excluding hydrogens is 307 g/mol. The van der Waals surface area contributed by atoms with Crippen molar-refractivity contribution in [1.82, 2.24) is 4.72 Å². The molecule has 0 aliphatic rings. The number of benzene rings is 1. The number of hydrogen-bond donors (Lipinski definition) is 2. The quantitative estimate of drug-likeness (QED) is 0.798. The normalized spacial score (nSPS) is 11.8. The maximum atomic E-state index is 12.3. The Bertz CT molecular complexity index is 532. The lowest BCUT2D eigenvalue weighted by Gasteiger charge is -2.08. The van der Waals surface area contributed by atoms with E-state index in [0.29, 0.717) is 24.2 Å². The molecular formula is C12H18ClFN2O3S. The fourth-order valence-corrected chi connectivity index (χ4v) is 2.34. The van der Waals surface area contributed by atoms with E-state index < -0.39 is 10.0 Å². The number of rotatable bonds is 7. The Hall–Kier alpha value is -1.15. The predicted molar refractivity (Wildman–Crippen MR) is 78.3 cm³/mol. The van der Waals surface area contributed by atoms with E-state index in [4.69, 9.17) is 10.5 Å². The van der Waals surface area contributed by atoms with Crippen LogP contribution in [0.5, 0.6) is 5.75 Å². The zero-order valence-electron chi connectivity index (χ0n) is 11.0. The minimum absolute atomic E-state index is 0. The zero-order chi connectivity index (χ0) is 14.3. The Morgan fingerprint density at radius 3 is 2.45 bits per heavy atom. The van der Waals surface area contributed by atoms with Crippen LogP contribution in [0.25, 0.3) is 0 Å². The van der Waals surface area contributed by atoms with Crippen LogP contribution in [0.4, 0.5) is 4.39 Å². The second-order valence-electron chi connectivity index (χ2n) is 3.73. The molecule has 0 saturated heterocycles. The van der Waals surface area contributed by atoms with Gasteiger partial charge in [-0.05, 0) is 24.3 Å². The minimum atomic E-state index is -3.46. The summed E-state index contributed by atoms with van der Waals surface area (Å²) in [6.45, 7) is 2.13. The van der Waals surface area contributed by atoms with Gasteiger partial charge in [-0.3, -0.25) is 0 Å². The molecule has 0 aromatic heterocycles. The molecule has 0 bridgehead atoms. The highest BCUT2D eigenvalue weighted by molar-refractivity contribution is 7.89. The lowest BCUT2D eigenvalue weighted by Crippen LogP contribution is -2.23. The van der Waals surface area contributed by atoms with E-state index in [9.17, 15) is 12.8 Å². The third kappa shape index (κ3) is 5.46. The first-order chi connectivity index (χ1) is 9.03. The summed E-state index contributed by atoms with van der Waals surface area (Å²) in [6.07, 6.45) is 0.407. The van der Waals surface area contributed by atoms with Gasteiger partial charge in [-0.1, -0.05) is 6.92 Å². The van der Waals surface area contributed by atoms with Gasteiger partial charge in [0.2, 0.25) is 10.0 Å². The van der Waals surface area contributed by atoms with Gasteiger partial charge in [-0.2, -0.15) is 0 Å². The minimum Gasteiger partial charge on any atom is -0.489 e. The third-order valence-electron chi connectivity index (χ3n) is 2.31. The Morgan fingerprint density at radius 1 is 1.40 bits per heavy atom. The fraction of sp³-hybridized carbons (Fsp3) is 0.333. The summed E-state index contributed by atoms with van der Waals surface area (Å²) in [7, 11) is -3.46. The van der Waals surface area contributed by atoms with Crippen molar-refractivity contribution >= 4 is 22.4 Å². The third-order valence-corrected chi connectivity index (χ3v) is 3.87. The van der Waals surface area contributed by atoms with Crippen molar-refractivity contribution in [3.05, 3.63) is 36.2 Å². The van der Waals surface area contributed by atoms with Crippen molar-refractivity contribution in [3.8, 4) is 5.75 Å². The average molecular weight is 325 g/mol. The van der Waals surface area contributed by atoms with Gasteiger partial charge in [0.15, 0.2) is 0 Å². The smallest absolute Gasteiger partial charge is 0.240 e. The maximum absolute atomic E-state index is 12.3. The molecule has 0 amide bonds. The summed E-state index contributed by atoms with van der Waals surface area (Å²) in [5.41, 5.74) is 5.61. The largest absolute Gasteiger partial charge is 0.489 e. The highest BCUT2D eigenvalue weighted by Crippen LogP contribution is 2.16. The molecule has 1 aromatic carbocycles. The van der Waals surface area contributed by atoms with E-state index in [-0.39, 0.29) is 30.5 Å². The molecule has 8 heteroatoms. The molecule has 0 radical (unpaired) electrons. The van der Waals surface area contributed by atoms with E-state index in [0.717, 1.165) is 0 Å². The van der Waals surface area contributed by atoms with Crippen molar-refractivity contribution in [2.75, 3.05) is 19.7 Å². The van der Waals surface area contributed by atoms with Gasteiger partial charge in [0.1, 0.15) is 12.4 Å². The molecule has 0 fully saturated rings. The zero-order valence-corrected chi connectivity index (χ0v) is 12.6. The number of sulfonamides is 1. The van der Waals surface area contributed by atoms with Crippen LogP contribution in [0.15, 0.2) is 41.1 Å². The van der Waals surface area contributed by atoms with E-state index in [1.165, 1.54) is 24.3 Å².